The van der Waals surface area contributed by atoms with Crippen molar-refractivity contribution < 1.29 is 13.6 Å². The van der Waals surface area contributed by atoms with E-state index < -0.39 is 11.6 Å². The number of rotatable bonds is 4. The van der Waals surface area contributed by atoms with Gasteiger partial charge < -0.3 is 10.2 Å². The Kier molecular flexibility index (Phi) is 5.34. The van der Waals surface area contributed by atoms with Gasteiger partial charge in [-0.15, -0.1) is 0 Å². The molecule has 1 N–H and O–H groups in total. The van der Waals surface area contributed by atoms with Gasteiger partial charge in [0.15, 0.2) is 11.6 Å². The summed E-state index contributed by atoms with van der Waals surface area (Å²) in [5.41, 5.74) is 1.98. The summed E-state index contributed by atoms with van der Waals surface area (Å²) in [4.78, 5) is 28.0. The number of fused-ring (bicyclic) bond motifs is 2. The van der Waals surface area contributed by atoms with E-state index in [2.05, 4.69) is 20.3 Å². The molecule has 0 unspecified atom stereocenters. The smallest absolute Gasteiger partial charge is 0.255 e. The maximum absolute atomic E-state index is 13.5. The van der Waals surface area contributed by atoms with Crippen molar-refractivity contribution in [3.8, 4) is 0 Å². The van der Waals surface area contributed by atoms with Gasteiger partial charge >= 0.3 is 0 Å². The number of likely N-dealkylation sites (tertiary alicyclic amines) is 1. The number of piperidine rings is 1. The molecule has 32 heavy (non-hydrogen) atoms. The maximum atomic E-state index is 13.5. The van der Waals surface area contributed by atoms with Crippen molar-refractivity contribution in [2.24, 2.45) is 0 Å². The van der Waals surface area contributed by atoms with Gasteiger partial charge in [-0.05, 0) is 31.4 Å². The van der Waals surface area contributed by atoms with E-state index in [9.17, 15) is 13.6 Å². The molecule has 3 heterocycles. The number of anilines is 1. The number of hydrogen-bond acceptors (Lipinski definition) is 5. The van der Waals surface area contributed by atoms with Crippen LogP contribution in [0, 0.1) is 11.6 Å². The van der Waals surface area contributed by atoms with E-state index in [4.69, 9.17) is 0 Å². The maximum Gasteiger partial charge on any atom is 0.255 e. The van der Waals surface area contributed by atoms with E-state index >= 15 is 0 Å². The lowest BCUT2D eigenvalue weighted by Gasteiger charge is -2.36. The molecule has 0 saturated carbocycles. The topological polar surface area (TPSA) is 71.0 Å². The van der Waals surface area contributed by atoms with Crippen molar-refractivity contribution in [2.45, 2.75) is 25.3 Å². The van der Waals surface area contributed by atoms with Crippen LogP contribution in [0.1, 0.15) is 29.6 Å². The van der Waals surface area contributed by atoms with Gasteiger partial charge in [0.2, 0.25) is 0 Å². The standard InChI is InChI=1S/C24H21F2N5O/c25-18-10-21-22(11-19(18)26)30-23(14-28-21)29-13-17-6-3-4-8-31(17)24(32)16-9-15-5-1-2-7-20(15)27-12-16/h1-2,5,7,9-12,14,17H,3-4,6,8,13H2,(H,29,30)/t17-/m0/s1. The monoisotopic (exact) mass is 433 g/mol. The molecule has 1 atom stereocenters. The summed E-state index contributed by atoms with van der Waals surface area (Å²) < 4.78 is 26.9. The Bertz CT molecular complexity index is 1310. The van der Waals surface area contributed by atoms with Crippen LogP contribution < -0.4 is 5.32 Å². The molecule has 2 aromatic heterocycles. The average molecular weight is 433 g/mol. The van der Waals surface area contributed by atoms with E-state index in [1.165, 1.54) is 6.20 Å². The summed E-state index contributed by atoms with van der Waals surface area (Å²) in [5, 5.41) is 4.14. The van der Waals surface area contributed by atoms with Crippen LogP contribution in [0.4, 0.5) is 14.6 Å². The first-order valence-electron chi connectivity index (χ1n) is 10.6. The summed E-state index contributed by atoms with van der Waals surface area (Å²) >= 11 is 0. The Balaban J connectivity index is 1.33. The fourth-order valence-corrected chi connectivity index (χ4v) is 4.15. The molecule has 4 aromatic rings. The first-order chi connectivity index (χ1) is 15.6. The third kappa shape index (κ3) is 3.95. The van der Waals surface area contributed by atoms with Gasteiger partial charge in [-0.1, -0.05) is 18.2 Å². The molecule has 162 valence electrons. The van der Waals surface area contributed by atoms with Gasteiger partial charge in [-0.2, -0.15) is 0 Å². The van der Waals surface area contributed by atoms with Gasteiger partial charge in [-0.3, -0.25) is 14.8 Å². The number of benzene rings is 2. The lowest BCUT2D eigenvalue weighted by atomic mass is 10.0. The lowest BCUT2D eigenvalue weighted by Crippen LogP contribution is -2.47. The molecule has 0 aliphatic carbocycles. The van der Waals surface area contributed by atoms with Crippen LogP contribution in [-0.2, 0) is 0 Å². The number of amides is 1. The predicted molar refractivity (Wildman–Crippen MR) is 118 cm³/mol. The summed E-state index contributed by atoms with van der Waals surface area (Å²) in [6.07, 6.45) is 5.96. The van der Waals surface area contributed by atoms with Crippen molar-refractivity contribution in [1.29, 1.82) is 0 Å². The molecule has 6 nitrogen and oxygen atoms in total. The number of halogens is 2. The molecular weight excluding hydrogens is 412 g/mol. The molecule has 1 fully saturated rings. The van der Waals surface area contributed by atoms with Crippen molar-refractivity contribution in [1.82, 2.24) is 19.9 Å². The van der Waals surface area contributed by atoms with Crippen LogP contribution in [-0.4, -0.2) is 44.9 Å². The fourth-order valence-electron chi connectivity index (χ4n) is 4.15. The Hall–Kier alpha value is -3.68. The van der Waals surface area contributed by atoms with Crippen molar-refractivity contribution in [2.75, 3.05) is 18.4 Å². The molecule has 1 amide bonds. The third-order valence-electron chi connectivity index (χ3n) is 5.83. The number of carbonyl (C=O) groups excluding carboxylic acids is 1. The zero-order chi connectivity index (χ0) is 22.1. The minimum Gasteiger partial charge on any atom is -0.367 e. The van der Waals surface area contributed by atoms with Crippen LogP contribution in [0.3, 0.4) is 0 Å². The molecule has 2 aromatic carbocycles. The highest BCUT2D eigenvalue weighted by Gasteiger charge is 2.27. The first kappa shape index (κ1) is 20.2. The number of para-hydroxylation sites is 1. The molecular formula is C24H21F2N5O. The Morgan fingerprint density at radius 3 is 2.66 bits per heavy atom. The van der Waals surface area contributed by atoms with E-state index in [1.54, 1.807) is 6.20 Å². The number of hydrogen-bond donors (Lipinski definition) is 1. The van der Waals surface area contributed by atoms with Crippen LogP contribution >= 0.6 is 0 Å². The largest absolute Gasteiger partial charge is 0.367 e. The lowest BCUT2D eigenvalue weighted by molar-refractivity contribution is 0.0628. The minimum absolute atomic E-state index is 0.0230. The average Bonchev–Trinajstić information content (AvgIpc) is 2.83. The highest BCUT2D eigenvalue weighted by molar-refractivity contribution is 5.97. The van der Waals surface area contributed by atoms with Gasteiger partial charge in [0, 0.05) is 42.8 Å². The summed E-state index contributed by atoms with van der Waals surface area (Å²) in [5.74, 6) is -1.50. The van der Waals surface area contributed by atoms with Gasteiger partial charge in [-0.25, -0.2) is 13.8 Å². The molecule has 5 rings (SSSR count). The van der Waals surface area contributed by atoms with Crippen LogP contribution in [0.2, 0.25) is 0 Å². The van der Waals surface area contributed by atoms with E-state index in [0.29, 0.717) is 24.5 Å². The number of carbonyl (C=O) groups is 1. The van der Waals surface area contributed by atoms with E-state index in [1.807, 2.05) is 35.2 Å². The molecule has 1 aliphatic heterocycles. The normalized spacial score (nSPS) is 16.4. The first-order valence-corrected chi connectivity index (χ1v) is 10.6. The van der Waals surface area contributed by atoms with Crippen LogP contribution in [0.15, 0.2) is 54.9 Å². The Morgan fingerprint density at radius 2 is 1.78 bits per heavy atom. The van der Waals surface area contributed by atoms with E-state index in [-0.39, 0.29) is 23.0 Å². The zero-order valence-electron chi connectivity index (χ0n) is 17.3. The predicted octanol–water partition coefficient (Wildman–Crippen LogP) is 4.56. The van der Waals surface area contributed by atoms with Crippen molar-refractivity contribution in [3.05, 3.63) is 72.1 Å². The third-order valence-corrected chi connectivity index (χ3v) is 5.83. The summed E-state index contributed by atoms with van der Waals surface area (Å²) in [7, 11) is 0. The molecule has 0 spiro atoms. The molecule has 0 radical (unpaired) electrons. The van der Waals surface area contributed by atoms with Gasteiger partial charge in [0.25, 0.3) is 5.91 Å². The zero-order valence-corrected chi connectivity index (χ0v) is 17.3. The second kappa shape index (κ2) is 8.45. The Labute approximate surface area is 183 Å². The number of pyridine rings is 1. The molecule has 0 bridgehead atoms. The quantitative estimate of drug-likeness (QED) is 0.511. The van der Waals surface area contributed by atoms with Gasteiger partial charge in [0.05, 0.1) is 28.3 Å². The number of aromatic nitrogens is 3. The summed E-state index contributed by atoms with van der Waals surface area (Å²) in [6, 6.07) is 11.6. The SMILES string of the molecule is O=C(c1cnc2ccccc2c1)N1CCCC[C@H]1CNc1cnc2cc(F)c(F)cc2n1. The second-order valence-corrected chi connectivity index (χ2v) is 7.96. The fraction of sp³-hybridized carbons (Fsp3) is 0.250. The minimum atomic E-state index is -0.961. The highest BCUT2D eigenvalue weighted by atomic mass is 19.2. The Morgan fingerprint density at radius 1 is 1.00 bits per heavy atom. The summed E-state index contributed by atoms with van der Waals surface area (Å²) in [6.45, 7) is 1.16. The van der Waals surface area contributed by atoms with E-state index in [0.717, 1.165) is 42.3 Å². The van der Waals surface area contributed by atoms with Gasteiger partial charge in [0.1, 0.15) is 5.82 Å². The van der Waals surface area contributed by atoms with Crippen molar-refractivity contribution >= 4 is 33.7 Å². The van der Waals surface area contributed by atoms with Crippen LogP contribution in [0.5, 0.6) is 0 Å². The number of nitrogens with one attached hydrogen (secondary N) is 1. The number of nitrogens with zero attached hydrogens (tertiary/aromatic N) is 4. The van der Waals surface area contributed by atoms with Crippen molar-refractivity contribution in [3.63, 3.8) is 0 Å². The molecule has 1 saturated heterocycles. The van der Waals surface area contributed by atoms with Crippen LogP contribution in [0.25, 0.3) is 21.9 Å². The molecule has 1 aliphatic rings. The molecule has 8 heteroatoms. The second-order valence-electron chi connectivity index (χ2n) is 7.96. The highest BCUT2D eigenvalue weighted by Crippen LogP contribution is 2.22.